The molecule has 0 fully saturated rings. The third-order valence-electron chi connectivity index (χ3n) is 2.97. The molecule has 3 aromatic rings. The standard InChI is InChI=1S/C16H12ClNS/c17-12-6-8-13(9-7-12)19-15-10-5-11-3-1-2-4-14(11)16(15)18/h1-10H,18H2. The van der Waals surface area contributed by atoms with Crippen LogP contribution in [0.5, 0.6) is 0 Å². The smallest absolute Gasteiger partial charge is 0.0535 e. The van der Waals surface area contributed by atoms with E-state index in [2.05, 4.69) is 24.3 Å². The van der Waals surface area contributed by atoms with Crippen LogP contribution in [0.15, 0.2) is 70.5 Å². The third kappa shape index (κ3) is 2.55. The van der Waals surface area contributed by atoms with Gasteiger partial charge in [-0.05, 0) is 35.7 Å². The zero-order valence-corrected chi connectivity index (χ0v) is 11.7. The molecule has 0 radical (unpaired) electrons. The molecule has 1 nitrogen and oxygen atoms in total. The number of nitrogens with two attached hydrogens (primary N) is 1. The highest BCUT2D eigenvalue weighted by atomic mass is 35.5. The third-order valence-corrected chi connectivity index (χ3v) is 4.31. The second kappa shape index (κ2) is 5.16. The summed E-state index contributed by atoms with van der Waals surface area (Å²) in [6.07, 6.45) is 0. The number of hydrogen-bond acceptors (Lipinski definition) is 2. The van der Waals surface area contributed by atoms with E-state index < -0.39 is 0 Å². The van der Waals surface area contributed by atoms with Gasteiger partial charge in [-0.3, -0.25) is 0 Å². The fourth-order valence-electron chi connectivity index (χ4n) is 1.99. The molecule has 3 rings (SSSR count). The van der Waals surface area contributed by atoms with Crippen molar-refractivity contribution in [1.29, 1.82) is 0 Å². The minimum atomic E-state index is 0.746. The van der Waals surface area contributed by atoms with Crippen molar-refractivity contribution in [2.45, 2.75) is 9.79 Å². The van der Waals surface area contributed by atoms with Crippen LogP contribution in [0.3, 0.4) is 0 Å². The van der Waals surface area contributed by atoms with E-state index in [1.165, 1.54) is 5.39 Å². The molecule has 0 aliphatic carbocycles. The average molecular weight is 286 g/mol. The van der Waals surface area contributed by atoms with Crippen molar-refractivity contribution in [3.63, 3.8) is 0 Å². The minimum Gasteiger partial charge on any atom is -0.397 e. The first-order valence-electron chi connectivity index (χ1n) is 5.95. The van der Waals surface area contributed by atoms with E-state index in [4.69, 9.17) is 17.3 Å². The molecule has 0 unspecified atom stereocenters. The van der Waals surface area contributed by atoms with Crippen LogP contribution in [-0.4, -0.2) is 0 Å². The van der Waals surface area contributed by atoms with Crippen molar-refractivity contribution in [1.82, 2.24) is 0 Å². The number of anilines is 1. The average Bonchev–Trinajstić information content (AvgIpc) is 2.45. The van der Waals surface area contributed by atoms with E-state index in [0.717, 1.165) is 25.9 Å². The molecule has 2 N–H and O–H groups in total. The molecule has 0 saturated carbocycles. The molecule has 0 heterocycles. The van der Waals surface area contributed by atoms with Crippen LogP contribution in [0.1, 0.15) is 0 Å². The number of nitrogen functional groups attached to an aromatic ring is 1. The normalized spacial score (nSPS) is 10.8. The number of fused-ring (bicyclic) bond motifs is 1. The lowest BCUT2D eigenvalue weighted by atomic mass is 10.1. The van der Waals surface area contributed by atoms with Crippen molar-refractivity contribution in [2.75, 3.05) is 5.73 Å². The summed E-state index contributed by atoms with van der Waals surface area (Å²) in [6.45, 7) is 0. The van der Waals surface area contributed by atoms with Gasteiger partial charge in [0.2, 0.25) is 0 Å². The van der Waals surface area contributed by atoms with Gasteiger partial charge in [0.25, 0.3) is 0 Å². The van der Waals surface area contributed by atoms with E-state index >= 15 is 0 Å². The second-order valence-electron chi connectivity index (χ2n) is 4.25. The molecule has 3 heteroatoms. The quantitative estimate of drug-likeness (QED) is 0.653. The molecule has 3 aromatic carbocycles. The summed E-state index contributed by atoms with van der Waals surface area (Å²) >= 11 is 7.54. The van der Waals surface area contributed by atoms with Gasteiger partial charge in [0.1, 0.15) is 0 Å². The SMILES string of the molecule is Nc1c(Sc2ccc(Cl)cc2)ccc2ccccc12. The molecular formula is C16H12ClNS. The predicted molar refractivity (Wildman–Crippen MR) is 83.9 cm³/mol. The van der Waals surface area contributed by atoms with E-state index in [1.807, 2.05) is 36.4 Å². The van der Waals surface area contributed by atoms with Gasteiger partial charge in [-0.2, -0.15) is 0 Å². The molecule has 0 aliphatic heterocycles. The number of halogens is 1. The Bertz CT molecular complexity index is 722. The molecular weight excluding hydrogens is 274 g/mol. The Morgan fingerprint density at radius 3 is 2.37 bits per heavy atom. The zero-order chi connectivity index (χ0) is 13.2. The van der Waals surface area contributed by atoms with Crippen molar-refractivity contribution in [3.05, 3.63) is 65.7 Å². The summed E-state index contributed by atoms with van der Waals surface area (Å²) in [5, 5.41) is 3.01. The first kappa shape index (κ1) is 12.4. The lowest BCUT2D eigenvalue weighted by Gasteiger charge is -2.08. The molecule has 0 saturated heterocycles. The zero-order valence-electron chi connectivity index (χ0n) is 10.1. The summed E-state index contributed by atoms with van der Waals surface area (Å²) < 4.78 is 0. The molecule has 19 heavy (non-hydrogen) atoms. The molecule has 0 atom stereocenters. The summed E-state index contributed by atoms with van der Waals surface area (Å²) in [5.41, 5.74) is 7.08. The highest BCUT2D eigenvalue weighted by molar-refractivity contribution is 7.99. The van der Waals surface area contributed by atoms with Crippen LogP contribution in [0.4, 0.5) is 5.69 Å². The molecule has 0 spiro atoms. The van der Waals surface area contributed by atoms with Gasteiger partial charge in [-0.15, -0.1) is 0 Å². The number of benzene rings is 3. The van der Waals surface area contributed by atoms with E-state index in [1.54, 1.807) is 11.8 Å². The Morgan fingerprint density at radius 2 is 1.58 bits per heavy atom. The Balaban J connectivity index is 2.01. The van der Waals surface area contributed by atoms with E-state index in [9.17, 15) is 0 Å². The Kier molecular flexibility index (Phi) is 3.36. The van der Waals surface area contributed by atoms with Crippen molar-refractivity contribution >= 4 is 39.8 Å². The Labute approximate surface area is 121 Å². The molecule has 0 bridgehead atoms. The van der Waals surface area contributed by atoms with Gasteiger partial charge in [0.15, 0.2) is 0 Å². The highest BCUT2D eigenvalue weighted by Gasteiger charge is 2.05. The lowest BCUT2D eigenvalue weighted by Crippen LogP contribution is -1.90. The van der Waals surface area contributed by atoms with Crippen LogP contribution in [0, 0.1) is 0 Å². The maximum Gasteiger partial charge on any atom is 0.0535 e. The second-order valence-corrected chi connectivity index (χ2v) is 5.81. The van der Waals surface area contributed by atoms with Gasteiger partial charge >= 0.3 is 0 Å². The first-order valence-corrected chi connectivity index (χ1v) is 7.14. The fourth-order valence-corrected chi connectivity index (χ4v) is 3.00. The van der Waals surface area contributed by atoms with Crippen LogP contribution in [0.25, 0.3) is 10.8 Å². The summed E-state index contributed by atoms with van der Waals surface area (Å²) in [7, 11) is 0. The maximum atomic E-state index is 6.25. The molecule has 94 valence electrons. The van der Waals surface area contributed by atoms with E-state index in [-0.39, 0.29) is 0 Å². The highest BCUT2D eigenvalue weighted by Crippen LogP contribution is 2.36. The summed E-state index contributed by atoms with van der Waals surface area (Å²) in [6, 6.07) is 20.1. The largest absolute Gasteiger partial charge is 0.397 e. The minimum absolute atomic E-state index is 0.746. The summed E-state index contributed by atoms with van der Waals surface area (Å²) in [4.78, 5) is 2.20. The first-order chi connectivity index (χ1) is 9.24. The number of rotatable bonds is 2. The molecule has 0 aromatic heterocycles. The molecule has 0 amide bonds. The topological polar surface area (TPSA) is 26.0 Å². The summed E-state index contributed by atoms with van der Waals surface area (Å²) in [5.74, 6) is 0. The van der Waals surface area contributed by atoms with Crippen LogP contribution < -0.4 is 5.73 Å². The van der Waals surface area contributed by atoms with Crippen molar-refractivity contribution in [3.8, 4) is 0 Å². The predicted octanol–water partition coefficient (Wildman–Crippen LogP) is 5.23. The fraction of sp³-hybridized carbons (Fsp3) is 0. The Morgan fingerprint density at radius 1 is 0.842 bits per heavy atom. The van der Waals surface area contributed by atoms with Gasteiger partial charge < -0.3 is 5.73 Å². The van der Waals surface area contributed by atoms with Crippen molar-refractivity contribution < 1.29 is 0 Å². The monoisotopic (exact) mass is 285 g/mol. The van der Waals surface area contributed by atoms with E-state index in [0.29, 0.717) is 0 Å². The van der Waals surface area contributed by atoms with Gasteiger partial charge in [0.05, 0.1) is 5.69 Å². The van der Waals surface area contributed by atoms with Gasteiger partial charge in [-0.1, -0.05) is 53.7 Å². The Hall–Kier alpha value is -1.64. The molecule has 0 aliphatic rings. The van der Waals surface area contributed by atoms with Crippen LogP contribution in [-0.2, 0) is 0 Å². The van der Waals surface area contributed by atoms with Crippen LogP contribution in [0.2, 0.25) is 5.02 Å². The maximum absolute atomic E-state index is 6.25. The van der Waals surface area contributed by atoms with Crippen molar-refractivity contribution in [2.24, 2.45) is 0 Å². The van der Waals surface area contributed by atoms with Gasteiger partial charge in [-0.25, -0.2) is 0 Å². The lowest BCUT2D eigenvalue weighted by molar-refractivity contribution is 1.42. The number of hydrogen-bond donors (Lipinski definition) is 1. The van der Waals surface area contributed by atoms with Gasteiger partial charge in [0, 0.05) is 20.2 Å². The van der Waals surface area contributed by atoms with Crippen LogP contribution >= 0.6 is 23.4 Å².